The van der Waals surface area contributed by atoms with Crippen LogP contribution in [0.2, 0.25) is 0 Å². The lowest BCUT2D eigenvalue weighted by molar-refractivity contribution is -0.137. The smallest absolute Gasteiger partial charge is 0.242 e. The van der Waals surface area contributed by atoms with E-state index < -0.39 is 0 Å². The molecule has 0 bridgehead atoms. The molecule has 1 saturated carbocycles. The standard InChI is InChI=1S/C20H26N4O2/c1-14(23-12-3-5-18(23)25)20(26)22-16-6-8-17(9-7-16)24-13-10-15-4-2-11-21-19(15)24/h2,4,10-11,13-14,16-17H,3,5-9,12H2,1H3,(H,22,26). The predicted molar refractivity (Wildman–Crippen MR) is 99.6 cm³/mol. The first-order valence-corrected chi connectivity index (χ1v) is 9.65. The van der Waals surface area contributed by atoms with Gasteiger partial charge in [-0.15, -0.1) is 0 Å². The third kappa shape index (κ3) is 3.20. The van der Waals surface area contributed by atoms with E-state index in [1.54, 1.807) is 4.90 Å². The molecule has 0 aromatic carbocycles. The summed E-state index contributed by atoms with van der Waals surface area (Å²) in [5, 5.41) is 4.33. The number of hydrogen-bond acceptors (Lipinski definition) is 3. The van der Waals surface area contributed by atoms with Crippen LogP contribution >= 0.6 is 0 Å². The lowest BCUT2D eigenvalue weighted by Gasteiger charge is -2.32. The van der Waals surface area contributed by atoms with Gasteiger partial charge in [0.15, 0.2) is 0 Å². The van der Waals surface area contributed by atoms with Crippen molar-refractivity contribution in [3.05, 3.63) is 30.6 Å². The predicted octanol–water partition coefficient (Wildman–Crippen LogP) is 2.65. The van der Waals surface area contributed by atoms with E-state index >= 15 is 0 Å². The molecule has 4 rings (SSSR count). The molecule has 6 heteroatoms. The molecule has 2 aliphatic rings. The molecular formula is C20H26N4O2. The van der Waals surface area contributed by atoms with Crippen LogP contribution in [0.5, 0.6) is 0 Å². The van der Waals surface area contributed by atoms with Crippen molar-refractivity contribution < 1.29 is 9.59 Å². The number of amides is 2. The van der Waals surface area contributed by atoms with E-state index in [1.165, 1.54) is 5.39 Å². The lowest BCUT2D eigenvalue weighted by Crippen LogP contribution is -2.49. The Morgan fingerprint density at radius 1 is 1.27 bits per heavy atom. The zero-order valence-electron chi connectivity index (χ0n) is 15.2. The highest BCUT2D eigenvalue weighted by Gasteiger charge is 2.31. The molecule has 2 aromatic heterocycles. The number of nitrogens with one attached hydrogen (secondary N) is 1. The maximum absolute atomic E-state index is 12.5. The Hall–Kier alpha value is -2.37. The molecule has 1 unspecified atom stereocenters. The third-order valence-corrected chi connectivity index (χ3v) is 5.87. The van der Waals surface area contributed by atoms with E-state index in [0.29, 0.717) is 19.0 Å². The number of carbonyl (C=O) groups excluding carboxylic acids is 2. The molecule has 2 amide bonds. The molecule has 138 valence electrons. The highest BCUT2D eigenvalue weighted by molar-refractivity contribution is 5.88. The SMILES string of the molecule is CC(C(=O)NC1CCC(n2ccc3cccnc32)CC1)N1CCCC1=O. The molecule has 1 aliphatic heterocycles. The summed E-state index contributed by atoms with van der Waals surface area (Å²) in [6, 6.07) is 6.45. The normalized spacial score (nSPS) is 24.8. The molecule has 0 radical (unpaired) electrons. The number of likely N-dealkylation sites (tertiary alicyclic amines) is 1. The van der Waals surface area contributed by atoms with Crippen LogP contribution in [0.15, 0.2) is 30.6 Å². The van der Waals surface area contributed by atoms with Crippen LogP contribution in [0, 0.1) is 0 Å². The number of aromatic nitrogens is 2. The Labute approximate surface area is 153 Å². The van der Waals surface area contributed by atoms with Gasteiger partial charge in [0.2, 0.25) is 11.8 Å². The number of pyridine rings is 1. The van der Waals surface area contributed by atoms with Crippen LogP contribution in [0.4, 0.5) is 0 Å². The molecule has 1 saturated heterocycles. The van der Waals surface area contributed by atoms with Crippen molar-refractivity contribution >= 4 is 22.8 Å². The molecule has 1 N–H and O–H groups in total. The minimum atomic E-state index is -0.361. The maximum Gasteiger partial charge on any atom is 0.242 e. The second-order valence-electron chi connectivity index (χ2n) is 7.52. The molecule has 2 aromatic rings. The van der Waals surface area contributed by atoms with Crippen molar-refractivity contribution in [2.45, 2.75) is 63.6 Å². The minimum Gasteiger partial charge on any atom is -0.352 e. The summed E-state index contributed by atoms with van der Waals surface area (Å²) in [4.78, 5) is 30.6. The third-order valence-electron chi connectivity index (χ3n) is 5.87. The Balaban J connectivity index is 1.33. The lowest BCUT2D eigenvalue weighted by atomic mass is 9.90. The van der Waals surface area contributed by atoms with Gasteiger partial charge in [-0.05, 0) is 57.2 Å². The van der Waals surface area contributed by atoms with Gasteiger partial charge in [-0.3, -0.25) is 9.59 Å². The van der Waals surface area contributed by atoms with E-state index in [4.69, 9.17) is 0 Å². The molecular weight excluding hydrogens is 328 g/mol. The van der Waals surface area contributed by atoms with E-state index in [-0.39, 0.29) is 23.9 Å². The van der Waals surface area contributed by atoms with Crippen LogP contribution in [0.25, 0.3) is 11.0 Å². The molecule has 1 aliphatic carbocycles. The number of carbonyl (C=O) groups is 2. The van der Waals surface area contributed by atoms with Gasteiger partial charge in [0.25, 0.3) is 0 Å². The van der Waals surface area contributed by atoms with Crippen LogP contribution in [0.3, 0.4) is 0 Å². The number of hydrogen-bond donors (Lipinski definition) is 1. The zero-order chi connectivity index (χ0) is 18.1. The van der Waals surface area contributed by atoms with Crippen molar-refractivity contribution in [2.75, 3.05) is 6.54 Å². The van der Waals surface area contributed by atoms with Gasteiger partial charge in [-0.25, -0.2) is 4.98 Å². The first-order valence-electron chi connectivity index (χ1n) is 9.65. The summed E-state index contributed by atoms with van der Waals surface area (Å²) < 4.78 is 2.28. The summed E-state index contributed by atoms with van der Waals surface area (Å²) >= 11 is 0. The van der Waals surface area contributed by atoms with Gasteiger partial charge in [0.05, 0.1) is 0 Å². The fraction of sp³-hybridized carbons (Fsp3) is 0.550. The Morgan fingerprint density at radius 2 is 2.08 bits per heavy atom. The first-order chi connectivity index (χ1) is 12.6. The average molecular weight is 354 g/mol. The number of nitrogens with zero attached hydrogens (tertiary/aromatic N) is 3. The van der Waals surface area contributed by atoms with Crippen molar-refractivity contribution in [1.82, 2.24) is 19.8 Å². The molecule has 26 heavy (non-hydrogen) atoms. The second kappa shape index (κ2) is 7.09. The minimum absolute atomic E-state index is 0.0169. The highest BCUT2D eigenvalue weighted by atomic mass is 16.2. The van der Waals surface area contributed by atoms with Gasteiger partial charge < -0.3 is 14.8 Å². The quantitative estimate of drug-likeness (QED) is 0.918. The number of fused-ring (bicyclic) bond motifs is 1. The summed E-state index contributed by atoms with van der Waals surface area (Å²) in [5.74, 6) is 0.0834. The van der Waals surface area contributed by atoms with Gasteiger partial charge in [0.1, 0.15) is 11.7 Å². The van der Waals surface area contributed by atoms with Crippen LogP contribution < -0.4 is 5.32 Å². The molecule has 1 atom stereocenters. The summed E-state index contributed by atoms with van der Waals surface area (Å²) in [6.07, 6.45) is 9.38. The molecule has 0 spiro atoms. The van der Waals surface area contributed by atoms with Gasteiger partial charge in [-0.2, -0.15) is 0 Å². The fourth-order valence-corrected chi connectivity index (χ4v) is 4.32. The topological polar surface area (TPSA) is 67.2 Å². The molecule has 3 heterocycles. The van der Waals surface area contributed by atoms with Crippen LogP contribution in [-0.4, -0.2) is 44.9 Å². The van der Waals surface area contributed by atoms with Crippen LogP contribution in [0.1, 0.15) is 51.5 Å². The van der Waals surface area contributed by atoms with Crippen LogP contribution in [-0.2, 0) is 9.59 Å². The fourth-order valence-electron chi connectivity index (χ4n) is 4.32. The zero-order valence-corrected chi connectivity index (χ0v) is 15.2. The monoisotopic (exact) mass is 354 g/mol. The van der Waals surface area contributed by atoms with E-state index in [9.17, 15) is 9.59 Å². The van der Waals surface area contributed by atoms with Gasteiger partial charge >= 0.3 is 0 Å². The Kier molecular flexibility index (Phi) is 4.66. The maximum atomic E-state index is 12.5. The van der Waals surface area contributed by atoms with E-state index in [1.807, 2.05) is 19.2 Å². The van der Waals surface area contributed by atoms with Gasteiger partial charge in [-0.1, -0.05) is 0 Å². The van der Waals surface area contributed by atoms with Crippen molar-refractivity contribution in [2.24, 2.45) is 0 Å². The average Bonchev–Trinajstić information content (AvgIpc) is 3.28. The molecule has 2 fully saturated rings. The Bertz CT molecular complexity index is 807. The van der Waals surface area contributed by atoms with Crippen molar-refractivity contribution in [3.63, 3.8) is 0 Å². The first kappa shape index (κ1) is 17.1. The highest BCUT2D eigenvalue weighted by Crippen LogP contribution is 2.31. The Morgan fingerprint density at radius 3 is 2.81 bits per heavy atom. The van der Waals surface area contributed by atoms with E-state index in [2.05, 4.69) is 33.2 Å². The van der Waals surface area contributed by atoms with E-state index in [0.717, 1.165) is 37.8 Å². The van der Waals surface area contributed by atoms with Crippen molar-refractivity contribution in [3.8, 4) is 0 Å². The summed E-state index contributed by atoms with van der Waals surface area (Å²) in [7, 11) is 0. The summed E-state index contributed by atoms with van der Waals surface area (Å²) in [6.45, 7) is 2.54. The number of rotatable bonds is 4. The summed E-state index contributed by atoms with van der Waals surface area (Å²) in [5.41, 5.74) is 1.04. The van der Waals surface area contributed by atoms with Gasteiger partial charge in [0, 0.05) is 42.8 Å². The second-order valence-corrected chi connectivity index (χ2v) is 7.52. The van der Waals surface area contributed by atoms with Crippen molar-refractivity contribution in [1.29, 1.82) is 0 Å². The molecule has 6 nitrogen and oxygen atoms in total. The largest absolute Gasteiger partial charge is 0.352 e.